The molecule has 71 heavy (non-hydrogen) atoms. The Morgan fingerprint density at radius 1 is 0.282 bits per heavy atom. The second kappa shape index (κ2) is 59.7. The highest BCUT2D eigenvalue weighted by Gasteiger charge is 2.19. The largest absolute Gasteiger partial charge is 0.462 e. The minimum absolute atomic E-state index is 0.0808. The standard InChI is InChI=1S/C65H116O6/c1-4-7-10-13-16-19-22-24-26-27-28-29-30-31-32-33-34-35-36-37-39-40-43-46-49-52-55-58-64(67)70-61-62(60-69-63(66)57-54-51-48-45-42-21-18-15-12-9-6-3)71-65(68)59-56-53-50-47-44-41-38-25-23-20-17-14-11-8-5-2/h15,17-18,20,22,24-25,27-28,38,62H,4-14,16,19,21,23,26,29-37,39-61H2,1-3H3/b18-15-,20-17-,24-22-,28-27-,38-25-. The molecular weight excluding hydrogens is 877 g/mol. The molecule has 0 rings (SSSR count). The van der Waals surface area contributed by atoms with Crippen LogP contribution in [-0.2, 0) is 28.6 Å². The number of carbonyl (C=O) groups is 3. The molecule has 0 N–H and O–H groups in total. The van der Waals surface area contributed by atoms with E-state index < -0.39 is 6.10 Å². The number of unbranched alkanes of at least 4 members (excludes halogenated alkanes) is 35. The molecule has 0 bridgehead atoms. The van der Waals surface area contributed by atoms with Crippen LogP contribution >= 0.6 is 0 Å². The molecule has 0 aliphatic rings. The van der Waals surface area contributed by atoms with E-state index in [0.29, 0.717) is 19.3 Å². The van der Waals surface area contributed by atoms with Crippen molar-refractivity contribution in [1.29, 1.82) is 0 Å². The van der Waals surface area contributed by atoms with Gasteiger partial charge in [-0.25, -0.2) is 0 Å². The topological polar surface area (TPSA) is 78.9 Å². The van der Waals surface area contributed by atoms with Crippen LogP contribution in [-0.4, -0.2) is 37.2 Å². The molecule has 6 nitrogen and oxygen atoms in total. The summed E-state index contributed by atoms with van der Waals surface area (Å²) in [5.74, 6) is -0.893. The molecule has 6 heteroatoms. The van der Waals surface area contributed by atoms with Crippen molar-refractivity contribution in [3.63, 3.8) is 0 Å². The first-order chi connectivity index (χ1) is 35.0. The van der Waals surface area contributed by atoms with E-state index >= 15 is 0 Å². The third-order valence-electron chi connectivity index (χ3n) is 13.5. The zero-order valence-corrected chi connectivity index (χ0v) is 47.2. The molecule has 0 amide bonds. The fraction of sp³-hybridized carbons (Fsp3) is 0.800. The lowest BCUT2D eigenvalue weighted by molar-refractivity contribution is -0.167. The van der Waals surface area contributed by atoms with Gasteiger partial charge in [-0.05, 0) is 103 Å². The third kappa shape index (κ3) is 57.9. The fourth-order valence-corrected chi connectivity index (χ4v) is 8.78. The summed E-state index contributed by atoms with van der Waals surface area (Å²) < 4.78 is 16.9. The normalized spacial score (nSPS) is 12.4. The van der Waals surface area contributed by atoms with E-state index in [-0.39, 0.29) is 31.1 Å². The lowest BCUT2D eigenvalue weighted by Gasteiger charge is -2.18. The van der Waals surface area contributed by atoms with Crippen LogP contribution in [0, 0.1) is 0 Å². The molecule has 0 aliphatic heterocycles. The van der Waals surface area contributed by atoms with Crippen LogP contribution in [0.5, 0.6) is 0 Å². The van der Waals surface area contributed by atoms with Crippen LogP contribution in [0.4, 0.5) is 0 Å². The van der Waals surface area contributed by atoms with Gasteiger partial charge >= 0.3 is 17.9 Å². The fourth-order valence-electron chi connectivity index (χ4n) is 8.78. The van der Waals surface area contributed by atoms with Crippen LogP contribution in [0.1, 0.15) is 316 Å². The summed E-state index contributed by atoms with van der Waals surface area (Å²) in [6, 6.07) is 0. The molecule has 412 valence electrons. The number of carbonyl (C=O) groups excluding carboxylic acids is 3. The molecule has 1 atom stereocenters. The second-order valence-electron chi connectivity index (χ2n) is 20.6. The van der Waals surface area contributed by atoms with Crippen molar-refractivity contribution < 1.29 is 28.6 Å². The van der Waals surface area contributed by atoms with E-state index in [1.165, 1.54) is 180 Å². The first kappa shape index (κ1) is 68.1. The smallest absolute Gasteiger partial charge is 0.306 e. The van der Waals surface area contributed by atoms with Gasteiger partial charge in [0.1, 0.15) is 13.2 Å². The maximum atomic E-state index is 12.8. The lowest BCUT2D eigenvalue weighted by atomic mass is 10.0. The van der Waals surface area contributed by atoms with Gasteiger partial charge in [0.15, 0.2) is 6.10 Å². The number of hydrogen-bond donors (Lipinski definition) is 0. The van der Waals surface area contributed by atoms with E-state index in [0.717, 1.165) is 96.3 Å². The van der Waals surface area contributed by atoms with Crippen LogP contribution in [0.25, 0.3) is 0 Å². The molecule has 0 aliphatic carbocycles. The van der Waals surface area contributed by atoms with Gasteiger partial charge < -0.3 is 14.2 Å². The molecule has 0 fully saturated rings. The SMILES string of the molecule is CCCC/C=C\CCCCCCCC(=O)OCC(COC(=O)CCCCCCCCCCCCCCCCC/C=C\C/C=C\CCCCCCC)OC(=O)CCCCCCC/C=C\C/C=C\CCCCC. The Bertz CT molecular complexity index is 1280. The first-order valence-corrected chi connectivity index (χ1v) is 30.8. The van der Waals surface area contributed by atoms with Crippen molar-refractivity contribution in [1.82, 2.24) is 0 Å². The van der Waals surface area contributed by atoms with Gasteiger partial charge in [-0.3, -0.25) is 14.4 Å². The predicted molar refractivity (Wildman–Crippen MR) is 307 cm³/mol. The molecule has 0 saturated heterocycles. The highest BCUT2D eigenvalue weighted by Crippen LogP contribution is 2.16. The van der Waals surface area contributed by atoms with Crippen molar-refractivity contribution in [3.8, 4) is 0 Å². The van der Waals surface area contributed by atoms with Crippen LogP contribution in [0.3, 0.4) is 0 Å². The average Bonchev–Trinajstić information content (AvgIpc) is 3.37. The number of rotatable bonds is 56. The number of esters is 3. The maximum absolute atomic E-state index is 12.8. The van der Waals surface area contributed by atoms with Gasteiger partial charge in [-0.2, -0.15) is 0 Å². The highest BCUT2D eigenvalue weighted by atomic mass is 16.6. The summed E-state index contributed by atoms with van der Waals surface area (Å²) in [6.07, 6.45) is 75.2. The van der Waals surface area contributed by atoms with Crippen LogP contribution in [0.15, 0.2) is 60.8 Å². The maximum Gasteiger partial charge on any atom is 0.306 e. The predicted octanol–water partition coefficient (Wildman–Crippen LogP) is 20.8. The van der Waals surface area contributed by atoms with E-state index in [1.807, 2.05) is 0 Å². The quantitative estimate of drug-likeness (QED) is 0.0261. The lowest BCUT2D eigenvalue weighted by Crippen LogP contribution is -2.30. The van der Waals surface area contributed by atoms with Crippen molar-refractivity contribution >= 4 is 17.9 Å². The zero-order chi connectivity index (χ0) is 51.4. The van der Waals surface area contributed by atoms with Gasteiger partial charge in [0.2, 0.25) is 0 Å². The van der Waals surface area contributed by atoms with E-state index in [1.54, 1.807) is 0 Å². The summed E-state index contributed by atoms with van der Waals surface area (Å²) in [6.45, 7) is 6.57. The molecule has 0 saturated carbocycles. The molecule has 1 unspecified atom stereocenters. The Labute approximate surface area is 440 Å². The van der Waals surface area contributed by atoms with Gasteiger partial charge in [0, 0.05) is 19.3 Å². The minimum atomic E-state index is -0.784. The van der Waals surface area contributed by atoms with E-state index in [2.05, 4.69) is 81.5 Å². The Morgan fingerprint density at radius 2 is 0.521 bits per heavy atom. The Balaban J connectivity index is 4.20. The molecule has 0 aromatic carbocycles. The third-order valence-corrected chi connectivity index (χ3v) is 13.5. The Hall–Kier alpha value is -2.89. The van der Waals surface area contributed by atoms with Gasteiger partial charge in [-0.1, -0.05) is 255 Å². The minimum Gasteiger partial charge on any atom is -0.462 e. The summed E-state index contributed by atoms with van der Waals surface area (Å²) >= 11 is 0. The van der Waals surface area contributed by atoms with Crippen molar-refractivity contribution in [2.45, 2.75) is 322 Å². The first-order valence-electron chi connectivity index (χ1n) is 30.8. The van der Waals surface area contributed by atoms with E-state index in [4.69, 9.17) is 14.2 Å². The van der Waals surface area contributed by atoms with Gasteiger partial charge in [0.25, 0.3) is 0 Å². The van der Waals surface area contributed by atoms with Crippen molar-refractivity contribution in [3.05, 3.63) is 60.8 Å². The van der Waals surface area contributed by atoms with Gasteiger partial charge in [0.05, 0.1) is 0 Å². The molecule has 0 heterocycles. The van der Waals surface area contributed by atoms with Crippen LogP contribution < -0.4 is 0 Å². The molecule has 0 aromatic heterocycles. The Morgan fingerprint density at radius 3 is 0.859 bits per heavy atom. The monoisotopic (exact) mass is 993 g/mol. The van der Waals surface area contributed by atoms with E-state index in [9.17, 15) is 14.4 Å². The molecule has 0 radical (unpaired) electrons. The Kier molecular flexibility index (Phi) is 57.2. The molecule has 0 aromatic rings. The number of allylic oxidation sites excluding steroid dienone is 10. The summed E-state index contributed by atoms with van der Waals surface area (Å²) in [5, 5.41) is 0. The molecular formula is C65H116O6. The summed E-state index contributed by atoms with van der Waals surface area (Å²) in [4.78, 5) is 38.1. The highest BCUT2D eigenvalue weighted by molar-refractivity contribution is 5.71. The van der Waals surface area contributed by atoms with Gasteiger partial charge in [-0.15, -0.1) is 0 Å². The van der Waals surface area contributed by atoms with Crippen LogP contribution in [0.2, 0.25) is 0 Å². The number of hydrogen-bond acceptors (Lipinski definition) is 6. The number of ether oxygens (including phenoxy) is 3. The van der Waals surface area contributed by atoms with Crippen molar-refractivity contribution in [2.24, 2.45) is 0 Å². The van der Waals surface area contributed by atoms with Crippen molar-refractivity contribution in [2.75, 3.05) is 13.2 Å². The molecule has 0 spiro atoms. The average molecular weight is 994 g/mol. The summed E-state index contributed by atoms with van der Waals surface area (Å²) in [5.41, 5.74) is 0. The zero-order valence-electron chi connectivity index (χ0n) is 47.2. The summed E-state index contributed by atoms with van der Waals surface area (Å²) in [7, 11) is 0. The second-order valence-corrected chi connectivity index (χ2v) is 20.6.